The quantitative estimate of drug-likeness (QED) is 0.569. The number of aromatic nitrogens is 1. The van der Waals surface area contributed by atoms with E-state index in [1.54, 1.807) is 20.2 Å². The fraction of sp³-hybridized carbons (Fsp3) is 0.462. The lowest BCUT2D eigenvalue weighted by Crippen LogP contribution is -2.19. The van der Waals surface area contributed by atoms with Gasteiger partial charge in [0.1, 0.15) is 12.4 Å². The van der Waals surface area contributed by atoms with E-state index in [0.717, 1.165) is 24.5 Å². The van der Waals surface area contributed by atoms with E-state index < -0.39 is 0 Å². The summed E-state index contributed by atoms with van der Waals surface area (Å²) in [7, 11) is 1.69. The van der Waals surface area contributed by atoms with E-state index in [-0.39, 0.29) is 0 Å². The molecule has 0 aromatic carbocycles. The minimum absolute atomic E-state index is 0.406. The summed E-state index contributed by atoms with van der Waals surface area (Å²) in [5.74, 6) is 6.35. The second-order valence-electron chi connectivity index (χ2n) is 3.37. The lowest BCUT2D eigenvalue weighted by Gasteiger charge is -2.05. The summed E-state index contributed by atoms with van der Waals surface area (Å²) in [5.41, 5.74) is 0.982. The van der Waals surface area contributed by atoms with Crippen LogP contribution in [0.4, 0.5) is 0 Å². The maximum atomic E-state index is 5.37. The van der Waals surface area contributed by atoms with Gasteiger partial charge in [-0.3, -0.25) is 4.98 Å². The molecule has 0 fully saturated rings. The monoisotopic (exact) mass is 234 g/mol. The van der Waals surface area contributed by atoms with Gasteiger partial charge in [-0.2, -0.15) is 0 Å². The zero-order valence-corrected chi connectivity index (χ0v) is 10.3. The van der Waals surface area contributed by atoms with Crippen molar-refractivity contribution in [3.63, 3.8) is 0 Å². The number of hydrogen-bond acceptors (Lipinski definition) is 4. The van der Waals surface area contributed by atoms with Crippen LogP contribution in [0.1, 0.15) is 12.6 Å². The van der Waals surface area contributed by atoms with Crippen molar-refractivity contribution in [1.82, 2.24) is 10.3 Å². The molecule has 0 saturated carbocycles. The van der Waals surface area contributed by atoms with Gasteiger partial charge in [0.05, 0.1) is 18.5 Å². The Morgan fingerprint density at radius 1 is 1.41 bits per heavy atom. The Labute approximate surface area is 102 Å². The van der Waals surface area contributed by atoms with Crippen molar-refractivity contribution >= 4 is 0 Å². The molecule has 1 N–H and O–H groups in total. The number of methoxy groups -OCH3 is 1. The highest BCUT2D eigenvalue weighted by atomic mass is 16.5. The van der Waals surface area contributed by atoms with Crippen LogP contribution in [0.5, 0.6) is 5.75 Å². The van der Waals surface area contributed by atoms with Crippen molar-refractivity contribution in [2.24, 2.45) is 0 Å². The topological polar surface area (TPSA) is 43.4 Å². The minimum Gasteiger partial charge on any atom is -0.479 e. The first kappa shape index (κ1) is 13.5. The molecule has 1 aromatic heterocycles. The minimum atomic E-state index is 0.406. The summed E-state index contributed by atoms with van der Waals surface area (Å²) < 4.78 is 10.3. The molecule has 0 bridgehead atoms. The van der Waals surface area contributed by atoms with Crippen molar-refractivity contribution in [2.45, 2.75) is 13.5 Å². The van der Waals surface area contributed by atoms with Crippen molar-refractivity contribution in [1.29, 1.82) is 0 Å². The molecule has 0 unspecified atom stereocenters. The molecule has 0 spiro atoms. The van der Waals surface area contributed by atoms with Crippen molar-refractivity contribution < 1.29 is 9.47 Å². The van der Waals surface area contributed by atoms with Gasteiger partial charge in [0.2, 0.25) is 0 Å². The first-order valence-corrected chi connectivity index (χ1v) is 5.54. The van der Waals surface area contributed by atoms with Crippen molar-refractivity contribution in [3.8, 4) is 17.6 Å². The number of nitrogens with one attached hydrogen (secondary N) is 1. The Kier molecular flexibility index (Phi) is 6.80. The predicted octanol–water partition coefficient (Wildman–Crippen LogP) is 1.22. The molecular formula is C13H18N2O2. The van der Waals surface area contributed by atoms with Crippen molar-refractivity contribution in [3.05, 3.63) is 24.0 Å². The maximum Gasteiger partial charge on any atom is 0.149 e. The van der Waals surface area contributed by atoms with Gasteiger partial charge < -0.3 is 14.8 Å². The fourth-order valence-corrected chi connectivity index (χ4v) is 1.18. The van der Waals surface area contributed by atoms with Crippen LogP contribution in [0, 0.1) is 11.8 Å². The van der Waals surface area contributed by atoms with E-state index in [2.05, 4.69) is 22.1 Å². The van der Waals surface area contributed by atoms with Crippen LogP contribution < -0.4 is 10.1 Å². The molecule has 0 saturated heterocycles. The highest BCUT2D eigenvalue weighted by Crippen LogP contribution is 2.08. The first-order chi connectivity index (χ1) is 8.36. The summed E-state index contributed by atoms with van der Waals surface area (Å²) >= 11 is 0. The SMILES string of the molecule is CC#CCOc1ccc(CNCCOC)nc1. The molecule has 4 nitrogen and oxygen atoms in total. The van der Waals surface area contributed by atoms with E-state index >= 15 is 0 Å². The third-order valence-electron chi connectivity index (χ3n) is 2.07. The number of rotatable bonds is 7. The van der Waals surface area contributed by atoms with Gasteiger partial charge >= 0.3 is 0 Å². The third kappa shape index (κ3) is 5.91. The molecule has 0 aliphatic heterocycles. The molecular weight excluding hydrogens is 216 g/mol. The number of pyridine rings is 1. The average Bonchev–Trinajstić information content (AvgIpc) is 2.37. The van der Waals surface area contributed by atoms with Crippen LogP contribution in [-0.4, -0.2) is 31.9 Å². The molecule has 0 aliphatic carbocycles. The molecule has 1 aromatic rings. The van der Waals surface area contributed by atoms with Crippen LogP contribution in [0.3, 0.4) is 0 Å². The Hall–Kier alpha value is -1.57. The maximum absolute atomic E-state index is 5.37. The smallest absolute Gasteiger partial charge is 0.149 e. The summed E-state index contributed by atoms with van der Waals surface area (Å²) in [5, 5.41) is 3.22. The van der Waals surface area contributed by atoms with Gasteiger partial charge in [0.25, 0.3) is 0 Å². The largest absolute Gasteiger partial charge is 0.479 e. The van der Waals surface area contributed by atoms with Crippen molar-refractivity contribution in [2.75, 3.05) is 26.9 Å². The van der Waals surface area contributed by atoms with E-state index in [4.69, 9.17) is 9.47 Å². The second kappa shape index (κ2) is 8.57. The van der Waals surface area contributed by atoms with Gasteiger partial charge in [-0.15, -0.1) is 5.92 Å². The van der Waals surface area contributed by atoms with E-state index in [0.29, 0.717) is 13.2 Å². The summed E-state index contributed by atoms with van der Waals surface area (Å²) in [6, 6.07) is 3.84. The van der Waals surface area contributed by atoms with E-state index in [1.807, 2.05) is 12.1 Å². The normalized spacial score (nSPS) is 9.53. The van der Waals surface area contributed by atoms with Gasteiger partial charge in [-0.05, 0) is 19.1 Å². The summed E-state index contributed by atoms with van der Waals surface area (Å²) in [6.07, 6.45) is 1.71. The summed E-state index contributed by atoms with van der Waals surface area (Å²) in [4.78, 5) is 4.28. The highest BCUT2D eigenvalue weighted by molar-refractivity contribution is 5.20. The van der Waals surface area contributed by atoms with Crippen LogP contribution in [0.15, 0.2) is 18.3 Å². The zero-order chi connectivity index (χ0) is 12.3. The first-order valence-electron chi connectivity index (χ1n) is 5.54. The Bertz CT molecular complexity index is 365. The molecule has 0 atom stereocenters. The number of hydrogen-bond donors (Lipinski definition) is 1. The molecule has 1 rings (SSSR count). The van der Waals surface area contributed by atoms with Gasteiger partial charge in [0, 0.05) is 20.2 Å². The molecule has 0 amide bonds. The molecule has 1 heterocycles. The van der Waals surface area contributed by atoms with Crippen LogP contribution in [0.2, 0.25) is 0 Å². The van der Waals surface area contributed by atoms with E-state index in [9.17, 15) is 0 Å². The highest BCUT2D eigenvalue weighted by Gasteiger charge is 1.96. The molecule has 17 heavy (non-hydrogen) atoms. The van der Waals surface area contributed by atoms with Gasteiger partial charge in [0.15, 0.2) is 0 Å². The second-order valence-corrected chi connectivity index (χ2v) is 3.37. The fourth-order valence-electron chi connectivity index (χ4n) is 1.18. The van der Waals surface area contributed by atoms with Gasteiger partial charge in [-0.1, -0.05) is 5.92 Å². The van der Waals surface area contributed by atoms with Crippen LogP contribution in [-0.2, 0) is 11.3 Å². The lowest BCUT2D eigenvalue weighted by atomic mass is 10.3. The lowest BCUT2D eigenvalue weighted by molar-refractivity contribution is 0.199. The van der Waals surface area contributed by atoms with E-state index in [1.165, 1.54) is 0 Å². The standard InChI is InChI=1S/C13H18N2O2/c1-3-4-8-17-13-6-5-12(15-11-13)10-14-7-9-16-2/h5-6,11,14H,7-10H2,1-2H3. The Morgan fingerprint density at radius 3 is 2.94 bits per heavy atom. The Balaban J connectivity index is 2.30. The third-order valence-corrected chi connectivity index (χ3v) is 2.07. The molecule has 0 aliphatic rings. The van der Waals surface area contributed by atoms with Gasteiger partial charge in [-0.25, -0.2) is 0 Å². The molecule has 0 radical (unpaired) electrons. The predicted molar refractivity (Wildman–Crippen MR) is 66.8 cm³/mol. The molecule has 4 heteroatoms. The van der Waals surface area contributed by atoms with Crippen LogP contribution >= 0.6 is 0 Å². The molecule has 92 valence electrons. The summed E-state index contributed by atoms with van der Waals surface area (Å²) in [6.45, 7) is 4.46. The van der Waals surface area contributed by atoms with Crippen LogP contribution in [0.25, 0.3) is 0 Å². The Morgan fingerprint density at radius 2 is 2.29 bits per heavy atom. The average molecular weight is 234 g/mol. The zero-order valence-electron chi connectivity index (χ0n) is 10.3. The number of nitrogens with zero attached hydrogens (tertiary/aromatic N) is 1. The number of ether oxygens (including phenoxy) is 2.